The number of benzene rings is 2. The summed E-state index contributed by atoms with van der Waals surface area (Å²) in [5.74, 6) is -0.181. The van der Waals surface area contributed by atoms with Gasteiger partial charge in [0.1, 0.15) is 0 Å². The molecule has 0 aliphatic heterocycles. The maximum absolute atomic E-state index is 12.7. The number of nitrogens with one attached hydrogen (secondary N) is 1. The smallest absolute Gasteiger partial charge is 0.258 e. The van der Waals surface area contributed by atoms with Crippen LogP contribution >= 0.6 is 15.9 Å². The monoisotopic (exact) mass is 423 g/mol. The van der Waals surface area contributed by atoms with E-state index < -0.39 is 0 Å². The van der Waals surface area contributed by atoms with E-state index in [1.807, 2.05) is 24.4 Å². The lowest BCUT2D eigenvalue weighted by Crippen LogP contribution is -2.29. The van der Waals surface area contributed by atoms with Gasteiger partial charge in [0.2, 0.25) is 0 Å². The molecule has 136 valence electrons. The van der Waals surface area contributed by atoms with E-state index in [0.29, 0.717) is 29.4 Å². The first kappa shape index (κ1) is 17.5. The quantitative estimate of drug-likeness (QED) is 0.544. The van der Waals surface area contributed by atoms with Gasteiger partial charge in [-0.2, -0.15) is 0 Å². The predicted molar refractivity (Wildman–Crippen MR) is 111 cm³/mol. The van der Waals surface area contributed by atoms with E-state index >= 15 is 0 Å². The van der Waals surface area contributed by atoms with Gasteiger partial charge < -0.3 is 14.5 Å². The highest BCUT2D eigenvalue weighted by atomic mass is 79.9. The Morgan fingerprint density at radius 2 is 1.89 bits per heavy atom. The SMILES string of the molecule is Cn1cc(C(=O)NCCn2ccc3ccc(Br)cc32)c2ccccc2c1=O. The molecule has 4 aromatic rings. The summed E-state index contributed by atoms with van der Waals surface area (Å²) in [4.78, 5) is 25.0. The van der Waals surface area contributed by atoms with Gasteiger partial charge in [0, 0.05) is 53.3 Å². The van der Waals surface area contributed by atoms with Crippen LogP contribution in [0.5, 0.6) is 0 Å². The fourth-order valence-electron chi connectivity index (χ4n) is 3.33. The zero-order valence-electron chi connectivity index (χ0n) is 14.8. The van der Waals surface area contributed by atoms with Crippen LogP contribution in [0.1, 0.15) is 10.4 Å². The molecule has 1 amide bonds. The molecule has 0 saturated carbocycles. The van der Waals surface area contributed by atoms with Gasteiger partial charge in [0.05, 0.1) is 5.56 Å². The molecule has 1 N–H and O–H groups in total. The average molecular weight is 424 g/mol. The van der Waals surface area contributed by atoms with Crippen molar-refractivity contribution < 1.29 is 4.79 Å². The van der Waals surface area contributed by atoms with E-state index in [1.54, 1.807) is 25.4 Å². The standard InChI is InChI=1S/C21H18BrN3O2/c1-24-13-18(16-4-2-3-5-17(16)21(24)27)20(26)23-9-11-25-10-8-14-6-7-15(22)12-19(14)25/h2-8,10,12-13H,9,11H2,1H3,(H,23,26). The largest absolute Gasteiger partial charge is 0.350 e. The summed E-state index contributed by atoms with van der Waals surface area (Å²) in [6, 6.07) is 15.4. The lowest BCUT2D eigenvalue weighted by molar-refractivity contribution is 0.0953. The van der Waals surface area contributed by atoms with Crippen molar-refractivity contribution in [2.75, 3.05) is 6.54 Å². The molecule has 0 bridgehead atoms. The molecule has 0 fully saturated rings. The third-order valence-electron chi connectivity index (χ3n) is 4.71. The van der Waals surface area contributed by atoms with Gasteiger partial charge >= 0.3 is 0 Å². The topological polar surface area (TPSA) is 56.0 Å². The van der Waals surface area contributed by atoms with Crippen LogP contribution in [0.3, 0.4) is 0 Å². The molecule has 2 aromatic heterocycles. The van der Waals surface area contributed by atoms with Crippen LogP contribution in [0, 0.1) is 0 Å². The number of rotatable bonds is 4. The second-order valence-corrected chi connectivity index (χ2v) is 7.39. The lowest BCUT2D eigenvalue weighted by Gasteiger charge is -2.11. The Hall–Kier alpha value is -2.86. The van der Waals surface area contributed by atoms with Gasteiger partial charge in [0.25, 0.3) is 11.5 Å². The van der Waals surface area contributed by atoms with E-state index in [2.05, 4.69) is 44.0 Å². The van der Waals surface area contributed by atoms with Gasteiger partial charge in [-0.15, -0.1) is 0 Å². The fourth-order valence-corrected chi connectivity index (χ4v) is 3.68. The molecule has 4 rings (SSSR count). The van der Waals surface area contributed by atoms with E-state index in [-0.39, 0.29) is 11.5 Å². The fraction of sp³-hybridized carbons (Fsp3) is 0.143. The summed E-state index contributed by atoms with van der Waals surface area (Å²) >= 11 is 3.50. The molecule has 0 unspecified atom stereocenters. The number of carbonyl (C=O) groups is 1. The number of amides is 1. The minimum Gasteiger partial charge on any atom is -0.350 e. The summed E-state index contributed by atoms with van der Waals surface area (Å²) in [7, 11) is 1.66. The lowest BCUT2D eigenvalue weighted by atomic mass is 10.1. The summed E-state index contributed by atoms with van der Waals surface area (Å²) in [6.45, 7) is 1.15. The highest BCUT2D eigenvalue weighted by Crippen LogP contribution is 2.21. The Kier molecular flexibility index (Phi) is 4.58. The van der Waals surface area contributed by atoms with Crippen LogP contribution in [0.15, 0.2) is 70.2 Å². The number of aromatic nitrogens is 2. The van der Waals surface area contributed by atoms with Crippen molar-refractivity contribution in [2.24, 2.45) is 7.05 Å². The van der Waals surface area contributed by atoms with Crippen LogP contribution in [0.25, 0.3) is 21.7 Å². The van der Waals surface area contributed by atoms with Crippen molar-refractivity contribution >= 4 is 43.5 Å². The molecule has 2 aromatic carbocycles. The van der Waals surface area contributed by atoms with E-state index in [4.69, 9.17) is 0 Å². The number of hydrogen-bond acceptors (Lipinski definition) is 2. The molecule has 0 atom stereocenters. The Balaban J connectivity index is 1.55. The number of pyridine rings is 1. The molecule has 6 heteroatoms. The molecule has 0 spiro atoms. The Labute approximate surface area is 164 Å². The number of hydrogen-bond donors (Lipinski definition) is 1. The van der Waals surface area contributed by atoms with Crippen molar-refractivity contribution in [3.8, 4) is 0 Å². The Morgan fingerprint density at radius 3 is 2.70 bits per heavy atom. The number of aryl methyl sites for hydroxylation is 1. The van der Waals surface area contributed by atoms with Gasteiger partial charge in [0.15, 0.2) is 0 Å². The molecular formula is C21H18BrN3O2. The maximum atomic E-state index is 12.7. The molecule has 0 aliphatic carbocycles. The molecular weight excluding hydrogens is 406 g/mol. The number of halogens is 1. The Morgan fingerprint density at radius 1 is 1.11 bits per heavy atom. The van der Waals surface area contributed by atoms with Crippen LogP contribution < -0.4 is 10.9 Å². The first-order chi connectivity index (χ1) is 13.0. The van der Waals surface area contributed by atoms with Gasteiger partial charge in [-0.1, -0.05) is 40.2 Å². The Bertz CT molecular complexity index is 1220. The highest BCUT2D eigenvalue weighted by molar-refractivity contribution is 9.10. The normalized spacial score (nSPS) is 11.2. The molecule has 2 heterocycles. The first-order valence-corrected chi connectivity index (χ1v) is 9.45. The van der Waals surface area contributed by atoms with E-state index in [1.165, 1.54) is 4.57 Å². The number of nitrogens with zero attached hydrogens (tertiary/aromatic N) is 2. The van der Waals surface area contributed by atoms with Crippen LogP contribution in [0.4, 0.5) is 0 Å². The second-order valence-electron chi connectivity index (χ2n) is 6.47. The predicted octanol–water partition coefficient (Wildman–Crippen LogP) is 3.69. The highest BCUT2D eigenvalue weighted by Gasteiger charge is 2.13. The van der Waals surface area contributed by atoms with Gasteiger partial charge in [-0.25, -0.2) is 0 Å². The third kappa shape index (κ3) is 3.28. The van der Waals surface area contributed by atoms with Crippen molar-refractivity contribution in [3.63, 3.8) is 0 Å². The second kappa shape index (κ2) is 7.04. The van der Waals surface area contributed by atoms with E-state index in [9.17, 15) is 9.59 Å². The average Bonchev–Trinajstić information content (AvgIpc) is 3.07. The maximum Gasteiger partial charge on any atom is 0.258 e. The van der Waals surface area contributed by atoms with Crippen molar-refractivity contribution in [1.29, 1.82) is 0 Å². The van der Waals surface area contributed by atoms with Gasteiger partial charge in [-0.05, 0) is 29.7 Å². The number of carbonyl (C=O) groups excluding carboxylic acids is 1. The summed E-state index contributed by atoms with van der Waals surface area (Å²) in [6.07, 6.45) is 3.62. The van der Waals surface area contributed by atoms with Gasteiger partial charge in [-0.3, -0.25) is 9.59 Å². The number of fused-ring (bicyclic) bond motifs is 2. The van der Waals surface area contributed by atoms with Crippen LogP contribution in [-0.2, 0) is 13.6 Å². The third-order valence-corrected chi connectivity index (χ3v) is 5.20. The first-order valence-electron chi connectivity index (χ1n) is 8.65. The van der Waals surface area contributed by atoms with Crippen LogP contribution in [-0.4, -0.2) is 21.6 Å². The molecule has 27 heavy (non-hydrogen) atoms. The van der Waals surface area contributed by atoms with Crippen molar-refractivity contribution in [3.05, 3.63) is 81.3 Å². The zero-order chi connectivity index (χ0) is 19.0. The summed E-state index contributed by atoms with van der Waals surface area (Å²) in [5.41, 5.74) is 1.52. The molecule has 0 aliphatic rings. The zero-order valence-corrected chi connectivity index (χ0v) is 16.4. The van der Waals surface area contributed by atoms with Crippen molar-refractivity contribution in [1.82, 2.24) is 14.5 Å². The molecule has 5 nitrogen and oxygen atoms in total. The van der Waals surface area contributed by atoms with E-state index in [0.717, 1.165) is 15.4 Å². The van der Waals surface area contributed by atoms with Crippen molar-refractivity contribution in [2.45, 2.75) is 6.54 Å². The van der Waals surface area contributed by atoms with Crippen LogP contribution in [0.2, 0.25) is 0 Å². The summed E-state index contributed by atoms with van der Waals surface area (Å²) in [5, 5.41) is 5.35. The summed E-state index contributed by atoms with van der Waals surface area (Å²) < 4.78 is 4.59. The molecule has 0 radical (unpaired) electrons. The molecule has 0 saturated heterocycles. The minimum atomic E-state index is -0.181. The minimum absolute atomic E-state index is 0.105.